The van der Waals surface area contributed by atoms with Gasteiger partial charge in [-0.1, -0.05) is 0 Å². The van der Waals surface area contributed by atoms with Gasteiger partial charge in [-0.05, 0) is 20.8 Å². The predicted octanol–water partition coefficient (Wildman–Crippen LogP) is 0.625. The number of carbonyl (C=O) groups is 1. The lowest BCUT2D eigenvalue weighted by molar-refractivity contribution is -0.121. The molecule has 0 saturated carbocycles. The summed E-state index contributed by atoms with van der Waals surface area (Å²) in [6.07, 6.45) is 0.369. The summed E-state index contributed by atoms with van der Waals surface area (Å²) in [5, 5.41) is 5.90. The third kappa shape index (κ3) is 6.87. The predicted molar refractivity (Wildman–Crippen MR) is 81.6 cm³/mol. The quantitative estimate of drug-likeness (QED) is 0.390. The molecule has 21 heavy (non-hydrogen) atoms. The van der Waals surface area contributed by atoms with Crippen molar-refractivity contribution in [2.45, 2.75) is 39.8 Å². The van der Waals surface area contributed by atoms with E-state index in [9.17, 15) is 4.79 Å². The molecule has 0 radical (unpaired) electrons. The Bertz CT molecular complexity index is 452. The average molecular weight is 296 g/mol. The molecule has 0 fully saturated rings. The minimum Gasteiger partial charge on any atom is -0.374 e. The van der Waals surface area contributed by atoms with Crippen molar-refractivity contribution in [3.8, 4) is 0 Å². The van der Waals surface area contributed by atoms with E-state index in [-0.39, 0.29) is 11.9 Å². The number of hydrazine groups is 1. The van der Waals surface area contributed by atoms with E-state index in [2.05, 4.69) is 26.0 Å². The molecule has 1 rings (SSSR count). The van der Waals surface area contributed by atoms with Gasteiger partial charge in [-0.25, -0.2) is 15.8 Å². The van der Waals surface area contributed by atoms with Gasteiger partial charge in [-0.3, -0.25) is 4.79 Å². The second kappa shape index (κ2) is 9.09. The zero-order chi connectivity index (χ0) is 15.7. The Morgan fingerprint density at radius 1 is 1.38 bits per heavy atom. The van der Waals surface area contributed by atoms with Gasteiger partial charge in [-0.15, -0.1) is 0 Å². The van der Waals surface area contributed by atoms with E-state index < -0.39 is 0 Å². The van der Waals surface area contributed by atoms with Crippen LogP contribution in [0.5, 0.6) is 0 Å². The van der Waals surface area contributed by atoms with Crippen LogP contribution in [0, 0.1) is 0 Å². The molecule has 1 aromatic rings. The van der Waals surface area contributed by atoms with Crippen LogP contribution in [0.25, 0.3) is 0 Å². The Kier molecular flexibility index (Phi) is 7.41. The lowest BCUT2D eigenvalue weighted by Crippen LogP contribution is -2.31. The number of nitrogens with zero attached hydrogens (tertiary/aromatic N) is 2. The number of amides is 1. The molecule has 8 nitrogen and oxygen atoms in total. The third-order valence-electron chi connectivity index (χ3n) is 2.46. The fraction of sp³-hybridized carbons (Fsp3) is 0.615. The lowest BCUT2D eigenvalue weighted by atomic mass is 10.3. The fourth-order valence-corrected chi connectivity index (χ4v) is 1.62. The summed E-state index contributed by atoms with van der Waals surface area (Å²) < 4.78 is 5.27. The van der Waals surface area contributed by atoms with Crippen LogP contribution < -0.4 is 21.9 Å². The lowest BCUT2D eigenvalue weighted by Gasteiger charge is -2.11. The number of anilines is 2. The van der Waals surface area contributed by atoms with Crippen LogP contribution in [0.4, 0.5) is 11.6 Å². The van der Waals surface area contributed by atoms with Crippen LogP contribution in [-0.4, -0.2) is 35.1 Å². The molecule has 1 heterocycles. The number of aromatic nitrogens is 2. The Morgan fingerprint density at radius 3 is 2.71 bits per heavy atom. The topological polar surface area (TPSA) is 114 Å². The van der Waals surface area contributed by atoms with Gasteiger partial charge in [0.15, 0.2) is 5.82 Å². The zero-order valence-electron chi connectivity index (χ0n) is 12.8. The molecule has 0 unspecified atom stereocenters. The van der Waals surface area contributed by atoms with Crippen LogP contribution in [0.15, 0.2) is 6.07 Å². The Balaban J connectivity index is 2.55. The molecule has 0 bridgehead atoms. The van der Waals surface area contributed by atoms with E-state index in [0.29, 0.717) is 43.6 Å². The summed E-state index contributed by atoms with van der Waals surface area (Å²) in [4.78, 5) is 20.0. The molecule has 0 saturated heterocycles. The Hall–Kier alpha value is -1.93. The number of rotatable bonds is 9. The maximum absolute atomic E-state index is 11.5. The van der Waals surface area contributed by atoms with Crippen molar-refractivity contribution >= 4 is 17.5 Å². The van der Waals surface area contributed by atoms with Crippen LogP contribution in [0.1, 0.15) is 33.0 Å². The minimum atomic E-state index is -0.00160. The number of nitrogen functional groups attached to an aromatic ring is 1. The Labute approximate surface area is 124 Å². The fourth-order valence-electron chi connectivity index (χ4n) is 1.62. The summed E-state index contributed by atoms with van der Waals surface area (Å²) in [5.41, 5.74) is 2.48. The zero-order valence-corrected chi connectivity index (χ0v) is 12.8. The standard InChI is InChI=1S/C13H24N6O2/c1-4-21-8-12-17-10(7-11(18-12)19-14)15-6-5-13(20)16-9(2)3/h7,9H,4-6,8,14H2,1-3H3,(H,16,20)(H2,15,17,18,19). The first-order valence-corrected chi connectivity index (χ1v) is 7.00. The summed E-state index contributed by atoms with van der Waals surface area (Å²) in [5.74, 6) is 7.00. The van der Waals surface area contributed by atoms with Gasteiger partial charge in [0, 0.05) is 31.7 Å². The van der Waals surface area contributed by atoms with E-state index in [1.807, 2.05) is 20.8 Å². The molecule has 5 N–H and O–H groups in total. The first-order valence-electron chi connectivity index (χ1n) is 7.00. The van der Waals surface area contributed by atoms with Crippen LogP contribution in [0.3, 0.4) is 0 Å². The number of hydrogen-bond acceptors (Lipinski definition) is 7. The highest BCUT2D eigenvalue weighted by molar-refractivity contribution is 5.76. The SMILES string of the molecule is CCOCc1nc(NN)cc(NCCC(=O)NC(C)C)n1. The van der Waals surface area contributed by atoms with Gasteiger partial charge in [0.2, 0.25) is 5.91 Å². The molecular formula is C13H24N6O2. The van der Waals surface area contributed by atoms with Crippen molar-refractivity contribution in [1.82, 2.24) is 15.3 Å². The average Bonchev–Trinajstić information content (AvgIpc) is 2.44. The van der Waals surface area contributed by atoms with E-state index in [1.165, 1.54) is 0 Å². The summed E-state index contributed by atoms with van der Waals surface area (Å²) in [6.45, 7) is 7.13. The van der Waals surface area contributed by atoms with Crippen molar-refractivity contribution < 1.29 is 9.53 Å². The number of nitrogens with two attached hydrogens (primary N) is 1. The Morgan fingerprint density at radius 2 is 2.10 bits per heavy atom. The maximum Gasteiger partial charge on any atom is 0.221 e. The van der Waals surface area contributed by atoms with E-state index in [4.69, 9.17) is 10.6 Å². The molecule has 8 heteroatoms. The highest BCUT2D eigenvalue weighted by Gasteiger charge is 2.06. The molecule has 0 aliphatic heterocycles. The monoisotopic (exact) mass is 296 g/mol. The molecule has 118 valence electrons. The van der Waals surface area contributed by atoms with Gasteiger partial charge in [0.1, 0.15) is 18.2 Å². The molecule has 0 aromatic carbocycles. The van der Waals surface area contributed by atoms with Crippen LogP contribution in [-0.2, 0) is 16.1 Å². The first-order chi connectivity index (χ1) is 10.0. The van der Waals surface area contributed by atoms with Crippen molar-refractivity contribution in [2.75, 3.05) is 23.9 Å². The number of hydrogen-bond donors (Lipinski definition) is 4. The van der Waals surface area contributed by atoms with Gasteiger partial charge in [-0.2, -0.15) is 0 Å². The van der Waals surface area contributed by atoms with E-state index in [0.717, 1.165) is 0 Å². The van der Waals surface area contributed by atoms with Crippen molar-refractivity contribution in [1.29, 1.82) is 0 Å². The molecule has 0 aliphatic carbocycles. The van der Waals surface area contributed by atoms with Crippen molar-refractivity contribution in [3.63, 3.8) is 0 Å². The molecular weight excluding hydrogens is 272 g/mol. The van der Waals surface area contributed by atoms with Crippen molar-refractivity contribution in [3.05, 3.63) is 11.9 Å². The first kappa shape index (κ1) is 17.1. The molecule has 0 spiro atoms. The minimum absolute atomic E-state index is 0.00160. The largest absolute Gasteiger partial charge is 0.374 e. The van der Waals surface area contributed by atoms with Gasteiger partial charge >= 0.3 is 0 Å². The van der Waals surface area contributed by atoms with Gasteiger partial charge in [0.25, 0.3) is 0 Å². The normalized spacial score (nSPS) is 10.5. The molecule has 0 atom stereocenters. The number of ether oxygens (including phenoxy) is 1. The van der Waals surface area contributed by atoms with Crippen LogP contribution in [0.2, 0.25) is 0 Å². The van der Waals surface area contributed by atoms with Crippen molar-refractivity contribution in [2.24, 2.45) is 5.84 Å². The second-order valence-electron chi connectivity index (χ2n) is 4.74. The van der Waals surface area contributed by atoms with E-state index in [1.54, 1.807) is 6.07 Å². The highest BCUT2D eigenvalue weighted by Crippen LogP contribution is 2.11. The molecule has 1 aromatic heterocycles. The van der Waals surface area contributed by atoms with Gasteiger partial charge < -0.3 is 20.8 Å². The number of nitrogens with one attached hydrogen (secondary N) is 3. The third-order valence-corrected chi connectivity index (χ3v) is 2.46. The second-order valence-corrected chi connectivity index (χ2v) is 4.74. The molecule has 0 aliphatic rings. The smallest absolute Gasteiger partial charge is 0.221 e. The maximum atomic E-state index is 11.5. The number of carbonyl (C=O) groups excluding carboxylic acids is 1. The van der Waals surface area contributed by atoms with Gasteiger partial charge in [0.05, 0.1) is 0 Å². The van der Waals surface area contributed by atoms with E-state index >= 15 is 0 Å². The summed E-state index contributed by atoms with van der Waals surface area (Å²) in [6, 6.07) is 1.82. The molecule has 1 amide bonds. The van der Waals surface area contributed by atoms with Crippen LogP contribution >= 0.6 is 0 Å². The summed E-state index contributed by atoms with van der Waals surface area (Å²) in [7, 11) is 0. The highest BCUT2D eigenvalue weighted by atomic mass is 16.5. The summed E-state index contributed by atoms with van der Waals surface area (Å²) >= 11 is 0.